The number of nitrogens with one attached hydrogen (secondary N) is 1. The molecule has 0 radical (unpaired) electrons. The van der Waals surface area contributed by atoms with Crippen LogP contribution in [0.5, 0.6) is 0 Å². The number of halogens is 1. The number of carbonyl (C=O) groups excluding carboxylic acids is 2. The normalized spacial score (nSPS) is 11.3. The number of nitriles is 1. The third-order valence-electron chi connectivity index (χ3n) is 2.44. The van der Waals surface area contributed by atoms with E-state index in [1.165, 1.54) is 25.1 Å². The molecule has 1 N–H and O–H groups in total. The predicted octanol–water partition coefficient (Wildman–Crippen LogP) is 2.21. The van der Waals surface area contributed by atoms with Crippen molar-refractivity contribution in [3.05, 3.63) is 30.1 Å². The van der Waals surface area contributed by atoms with Crippen molar-refractivity contribution in [2.24, 2.45) is 5.92 Å². The third kappa shape index (κ3) is 5.36. The lowest BCUT2D eigenvalue weighted by molar-refractivity contribution is -0.145. The molecular weight excluding hydrogens is 295 g/mol. The van der Waals surface area contributed by atoms with Gasteiger partial charge in [0.1, 0.15) is 11.7 Å². The number of esters is 1. The highest BCUT2D eigenvalue weighted by molar-refractivity contribution is 8.00. The zero-order chi connectivity index (χ0) is 15.8. The fourth-order valence-corrected chi connectivity index (χ4v) is 2.12. The summed E-state index contributed by atoms with van der Waals surface area (Å²) in [6.07, 6.45) is 0. The number of thioether (sulfide) groups is 1. The Morgan fingerprint density at radius 1 is 1.48 bits per heavy atom. The highest BCUT2D eigenvalue weighted by Gasteiger charge is 2.21. The zero-order valence-corrected chi connectivity index (χ0v) is 12.1. The second kappa shape index (κ2) is 8.17. The lowest BCUT2D eigenvalue weighted by Gasteiger charge is -2.07. The fourth-order valence-electron chi connectivity index (χ4n) is 1.39. The van der Waals surface area contributed by atoms with Crippen molar-refractivity contribution in [3.8, 4) is 6.07 Å². The monoisotopic (exact) mass is 308 g/mol. The Kier molecular flexibility index (Phi) is 6.56. The molecule has 0 saturated carbocycles. The molecule has 110 valence electrons. The van der Waals surface area contributed by atoms with E-state index >= 15 is 0 Å². The first-order chi connectivity index (χ1) is 9.95. The van der Waals surface area contributed by atoms with Gasteiger partial charge in [0.2, 0.25) is 0 Å². The van der Waals surface area contributed by atoms with Crippen LogP contribution in [0.15, 0.2) is 29.2 Å². The number of rotatable bonds is 7. The van der Waals surface area contributed by atoms with E-state index in [1.807, 2.05) is 0 Å². The van der Waals surface area contributed by atoms with Crippen LogP contribution >= 0.6 is 11.8 Å². The molecule has 0 aliphatic rings. The number of ketones is 1. The van der Waals surface area contributed by atoms with Gasteiger partial charge in [-0.2, -0.15) is 5.26 Å². The van der Waals surface area contributed by atoms with Crippen LogP contribution in [0.25, 0.3) is 0 Å². The van der Waals surface area contributed by atoms with Crippen molar-refractivity contribution in [1.82, 2.24) is 0 Å². The molecule has 0 bridgehead atoms. The Balaban J connectivity index is 2.42. The van der Waals surface area contributed by atoms with E-state index in [1.54, 1.807) is 12.1 Å². The van der Waals surface area contributed by atoms with E-state index < -0.39 is 30.1 Å². The molecular formula is C14H13FN2O3S. The van der Waals surface area contributed by atoms with E-state index in [4.69, 9.17) is 15.4 Å². The first kappa shape index (κ1) is 16.9. The van der Waals surface area contributed by atoms with Gasteiger partial charge in [0.15, 0.2) is 12.4 Å². The van der Waals surface area contributed by atoms with Gasteiger partial charge in [-0.05, 0) is 19.1 Å². The van der Waals surface area contributed by atoms with Crippen molar-refractivity contribution >= 4 is 29.2 Å². The van der Waals surface area contributed by atoms with Crippen LogP contribution in [0.2, 0.25) is 0 Å². The van der Waals surface area contributed by atoms with Gasteiger partial charge >= 0.3 is 5.97 Å². The van der Waals surface area contributed by atoms with Gasteiger partial charge in [0.05, 0.1) is 11.8 Å². The average molecular weight is 308 g/mol. The van der Waals surface area contributed by atoms with Crippen LogP contribution < -0.4 is 0 Å². The molecule has 1 unspecified atom stereocenters. The van der Waals surface area contributed by atoms with E-state index in [0.29, 0.717) is 4.90 Å². The van der Waals surface area contributed by atoms with Crippen LogP contribution in [0.1, 0.15) is 6.92 Å². The van der Waals surface area contributed by atoms with Gasteiger partial charge in [-0.3, -0.25) is 9.59 Å². The van der Waals surface area contributed by atoms with E-state index in [0.717, 1.165) is 11.8 Å². The lowest BCUT2D eigenvalue weighted by Crippen LogP contribution is -2.26. The van der Waals surface area contributed by atoms with Crippen molar-refractivity contribution < 1.29 is 18.7 Å². The first-order valence-corrected chi connectivity index (χ1v) is 6.94. The van der Waals surface area contributed by atoms with Gasteiger partial charge in [-0.1, -0.05) is 12.1 Å². The molecule has 5 nitrogen and oxygen atoms in total. The summed E-state index contributed by atoms with van der Waals surface area (Å²) in [6.45, 7) is 0.771. The summed E-state index contributed by atoms with van der Waals surface area (Å²) in [5.41, 5.74) is -0.0979. The quantitative estimate of drug-likeness (QED) is 0.474. The molecule has 0 fully saturated rings. The number of ether oxygens (including phenoxy) is 1. The second-order valence-corrected chi connectivity index (χ2v) is 5.11. The molecule has 0 spiro atoms. The molecule has 7 heteroatoms. The number of nitrogens with zero attached hydrogens (tertiary/aromatic N) is 1. The summed E-state index contributed by atoms with van der Waals surface area (Å²) in [7, 11) is 0. The summed E-state index contributed by atoms with van der Waals surface area (Å²) >= 11 is 0.959. The molecule has 1 aromatic rings. The molecule has 0 amide bonds. The van der Waals surface area contributed by atoms with Gasteiger partial charge in [-0.25, -0.2) is 4.39 Å². The summed E-state index contributed by atoms with van der Waals surface area (Å²) in [6, 6.07) is 7.66. The minimum Gasteiger partial charge on any atom is -0.457 e. The summed E-state index contributed by atoms with van der Waals surface area (Å²) in [5.74, 6) is -3.10. The Labute approximate surface area is 125 Å². The van der Waals surface area contributed by atoms with Gasteiger partial charge < -0.3 is 10.1 Å². The lowest BCUT2D eigenvalue weighted by atomic mass is 10.0. The predicted molar refractivity (Wildman–Crippen MR) is 75.6 cm³/mol. The Morgan fingerprint density at radius 2 is 2.14 bits per heavy atom. The molecule has 1 rings (SSSR count). The highest BCUT2D eigenvalue weighted by atomic mass is 32.2. The maximum absolute atomic E-state index is 13.3. The van der Waals surface area contributed by atoms with Crippen molar-refractivity contribution in [3.63, 3.8) is 0 Å². The third-order valence-corrected chi connectivity index (χ3v) is 3.46. The van der Waals surface area contributed by atoms with Crippen LogP contribution in [0.4, 0.5) is 4.39 Å². The van der Waals surface area contributed by atoms with Gasteiger partial charge in [0.25, 0.3) is 0 Å². The Bertz CT molecular complexity index is 598. The topological polar surface area (TPSA) is 91.0 Å². The van der Waals surface area contributed by atoms with Crippen molar-refractivity contribution in [2.45, 2.75) is 11.8 Å². The molecule has 21 heavy (non-hydrogen) atoms. The fraction of sp³-hybridized carbons (Fsp3) is 0.286. The summed E-state index contributed by atoms with van der Waals surface area (Å²) < 4.78 is 18.0. The Hall–Kier alpha value is -2.20. The number of carbonyl (C=O) groups is 2. The number of hydrogen-bond acceptors (Lipinski definition) is 6. The SMILES string of the molecule is CC(=N)C(C#N)C(=O)COC(=O)CSc1ccccc1F. The van der Waals surface area contributed by atoms with E-state index in [-0.39, 0.29) is 11.5 Å². The molecule has 1 atom stereocenters. The Morgan fingerprint density at radius 3 is 2.71 bits per heavy atom. The van der Waals surface area contributed by atoms with E-state index in [2.05, 4.69) is 0 Å². The molecule has 1 aromatic carbocycles. The number of Topliss-reactive ketones (excluding diaryl/α,β-unsaturated/α-hetero) is 1. The maximum atomic E-state index is 13.3. The standard InChI is InChI=1S/C14H13FN2O3S/c1-9(17)10(6-16)12(18)7-20-14(19)8-21-13-5-3-2-4-11(13)15/h2-5,10,17H,7-8H2,1H3. The van der Waals surface area contributed by atoms with E-state index in [9.17, 15) is 14.0 Å². The summed E-state index contributed by atoms with van der Waals surface area (Å²) in [5, 5.41) is 16.0. The first-order valence-electron chi connectivity index (χ1n) is 5.96. The van der Waals surface area contributed by atoms with Gasteiger partial charge in [0, 0.05) is 10.6 Å². The van der Waals surface area contributed by atoms with Crippen LogP contribution in [0, 0.1) is 28.5 Å². The summed E-state index contributed by atoms with van der Waals surface area (Å²) in [4.78, 5) is 23.3. The average Bonchev–Trinajstić information content (AvgIpc) is 2.44. The van der Waals surface area contributed by atoms with Crippen molar-refractivity contribution in [1.29, 1.82) is 10.7 Å². The number of benzene rings is 1. The minimum atomic E-state index is -1.20. The molecule has 0 aliphatic carbocycles. The minimum absolute atomic E-state index is 0.0979. The molecule has 0 aliphatic heterocycles. The van der Waals surface area contributed by atoms with Crippen LogP contribution in [-0.4, -0.2) is 29.8 Å². The molecule has 0 saturated heterocycles. The molecule has 0 heterocycles. The largest absolute Gasteiger partial charge is 0.457 e. The van der Waals surface area contributed by atoms with Crippen LogP contribution in [-0.2, 0) is 14.3 Å². The van der Waals surface area contributed by atoms with Crippen LogP contribution in [0.3, 0.4) is 0 Å². The van der Waals surface area contributed by atoms with Crippen molar-refractivity contribution in [2.75, 3.05) is 12.4 Å². The zero-order valence-electron chi connectivity index (χ0n) is 11.3. The maximum Gasteiger partial charge on any atom is 0.316 e. The van der Waals surface area contributed by atoms with Gasteiger partial charge in [-0.15, -0.1) is 11.8 Å². The molecule has 0 aromatic heterocycles. The smallest absolute Gasteiger partial charge is 0.316 e. The number of hydrogen-bond donors (Lipinski definition) is 1. The second-order valence-electron chi connectivity index (χ2n) is 4.09. The highest BCUT2D eigenvalue weighted by Crippen LogP contribution is 2.21.